The molecule has 1 aromatic heterocycles. The Morgan fingerprint density at radius 2 is 1.97 bits per heavy atom. The van der Waals surface area contributed by atoms with Gasteiger partial charge in [-0.3, -0.25) is 9.59 Å². The Balaban J connectivity index is 1.73. The van der Waals surface area contributed by atoms with Gasteiger partial charge in [0, 0.05) is 6.54 Å². The summed E-state index contributed by atoms with van der Waals surface area (Å²) in [5.74, 6) is -2.21. The second-order valence-electron chi connectivity index (χ2n) is 8.40. The first-order valence-corrected chi connectivity index (χ1v) is 11.2. The van der Waals surface area contributed by atoms with Gasteiger partial charge in [-0.15, -0.1) is 0 Å². The van der Waals surface area contributed by atoms with Crippen LogP contribution in [0.3, 0.4) is 0 Å². The molecule has 0 aliphatic carbocycles. The number of aliphatic hydroxyl groups is 1. The van der Waals surface area contributed by atoms with Gasteiger partial charge in [-0.2, -0.15) is 18.3 Å². The van der Waals surface area contributed by atoms with Crippen LogP contribution in [0.2, 0.25) is 0 Å². The topological polar surface area (TPSA) is 126 Å². The van der Waals surface area contributed by atoms with Crippen molar-refractivity contribution in [3.05, 3.63) is 41.8 Å². The van der Waals surface area contributed by atoms with Gasteiger partial charge in [-0.05, 0) is 50.6 Å². The molecule has 0 spiro atoms. The van der Waals surface area contributed by atoms with E-state index in [4.69, 9.17) is 5.73 Å². The zero-order valence-electron chi connectivity index (χ0n) is 19.1. The lowest BCUT2D eigenvalue weighted by atomic mass is 9.99. The third kappa shape index (κ3) is 5.90. The summed E-state index contributed by atoms with van der Waals surface area (Å²) in [4.78, 5) is 26.3. The van der Waals surface area contributed by atoms with E-state index < -0.39 is 48.5 Å². The highest BCUT2D eigenvalue weighted by atomic mass is 19.4. The Morgan fingerprint density at radius 3 is 2.54 bits per heavy atom. The molecule has 1 aliphatic heterocycles. The van der Waals surface area contributed by atoms with Crippen LogP contribution in [-0.2, 0) is 4.79 Å². The van der Waals surface area contributed by atoms with E-state index in [0.717, 1.165) is 40.8 Å². The third-order valence-electron chi connectivity index (χ3n) is 5.95. The smallest absolute Gasteiger partial charge is 0.383 e. The summed E-state index contributed by atoms with van der Waals surface area (Å²) in [5, 5.41) is 19.5. The number of anilines is 1. The third-order valence-corrected chi connectivity index (χ3v) is 5.95. The first-order chi connectivity index (χ1) is 16.5. The van der Waals surface area contributed by atoms with E-state index in [1.165, 1.54) is 19.1 Å². The average Bonchev–Trinajstić information content (AvgIpc) is 3.22. The molecule has 2 aromatic rings. The number of likely N-dealkylation sites (N-methyl/N-ethyl adjacent to an activating group) is 1. The second kappa shape index (κ2) is 10.6. The number of aromatic nitrogens is 2. The standard InChI is InChI=1S/C22H28F4N6O3/c1-2-31(20(34)17-5-3-4-10-28-17)13-21(35,22(24,25)26)12-29-19(33)16-11-30-32(18(16)27)15-8-6-14(23)7-9-15/h6-9,11,17,28,35H,2-5,10,12-13,27H2,1H3,(H,29,33)/t17-,21?/m1/s1. The molecule has 13 heteroatoms. The number of nitrogens with one attached hydrogen (secondary N) is 2. The van der Waals surface area contributed by atoms with Gasteiger partial charge in [0.15, 0.2) is 5.60 Å². The summed E-state index contributed by atoms with van der Waals surface area (Å²) in [7, 11) is 0. The maximum Gasteiger partial charge on any atom is 0.420 e. The number of hydrogen-bond donors (Lipinski definition) is 4. The first-order valence-electron chi connectivity index (χ1n) is 11.2. The predicted molar refractivity (Wildman–Crippen MR) is 119 cm³/mol. The maximum atomic E-state index is 13.9. The van der Waals surface area contributed by atoms with Crippen LogP contribution in [0.25, 0.3) is 5.69 Å². The SMILES string of the molecule is CCN(CC(O)(CNC(=O)c1cnn(-c2ccc(F)cc2)c1N)C(F)(F)F)C(=O)[C@H]1CCCCN1. The number of nitrogens with two attached hydrogens (primary N) is 1. The molecule has 0 saturated carbocycles. The molecule has 2 heterocycles. The van der Waals surface area contributed by atoms with Crippen LogP contribution in [0.1, 0.15) is 36.5 Å². The molecule has 1 aromatic carbocycles. The molecule has 35 heavy (non-hydrogen) atoms. The van der Waals surface area contributed by atoms with E-state index in [-0.39, 0.29) is 17.9 Å². The van der Waals surface area contributed by atoms with Gasteiger partial charge < -0.3 is 26.4 Å². The Morgan fingerprint density at radius 1 is 1.29 bits per heavy atom. The van der Waals surface area contributed by atoms with Crippen molar-refractivity contribution >= 4 is 17.6 Å². The van der Waals surface area contributed by atoms with Crippen molar-refractivity contribution in [2.75, 3.05) is 31.9 Å². The van der Waals surface area contributed by atoms with Crippen LogP contribution >= 0.6 is 0 Å². The lowest BCUT2D eigenvalue weighted by molar-refractivity contribution is -0.261. The van der Waals surface area contributed by atoms with Crippen LogP contribution in [0.5, 0.6) is 0 Å². The number of halogens is 4. The summed E-state index contributed by atoms with van der Waals surface area (Å²) in [5.41, 5.74) is 2.64. The molecule has 2 amide bonds. The Labute approximate surface area is 199 Å². The molecule has 1 aliphatic rings. The molecular weight excluding hydrogens is 472 g/mol. The molecule has 1 fully saturated rings. The van der Waals surface area contributed by atoms with Gasteiger partial charge in [0.25, 0.3) is 5.91 Å². The van der Waals surface area contributed by atoms with E-state index in [1.54, 1.807) is 0 Å². The minimum absolute atomic E-state index is 0.0548. The van der Waals surface area contributed by atoms with Crippen LogP contribution in [0.4, 0.5) is 23.4 Å². The van der Waals surface area contributed by atoms with Crippen molar-refractivity contribution < 1.29 is 32.3 Å². The van der Waals surface area contributed by atoms with E-state index in [2.05, 4.69) is 15.7 Å². The highest BCUT2D eigenvalue weighted by Gasteiger charge is 2.55. The number of amides is 2. The van der Waals surface area contributed by atoms with Crippen LogP contribution in [0.15, 0.2) is 30.5 Å². The lowest BCUT2D eigenvalue weighted by Crippen LogP contribution is -2.62. The molecule has 0 radical (unpaired) electrons. The largest absolute Gasteiger partial charge is 0.420 e. The minimum Gasteiger partial charge on any atom is -0.383 e. The quantitative estimate of drug-likeness (QED) is 0.408. The molecule has 0 bridgehead atoms. The van der Waals surface area contributed by atoms with Gasteiger partial charge in [0.1, 0.15) is 17.2 Å². The number of carbonyl (C=O) groups excluding carboxylic acids is 2. The monoisotopic (exact) mass is 500 g/mol. The van der Waals surface area contributed by atoms with Crippen LogP contribution in [0, 0.1) is 5.82 Å². The van der Waals surface area contributed by atoms with Crippen molar-refractivity contribution in [2.45, 2.75) is 44.0 Å². The highest BCUT2D eigenvalue weighted by molar-refractivity contribution is 5.98. The van der Waals surface area contributed by atoms with Crippen molar-refractivity contribution in [2.24, 2.45) is 0 Å². The van der Waals surface area contributed by atoms with Crippen molar-refractivity contribution in [1.29, 1.82) is 0 Å². The van der Waals surface area contributed by atoms with Gasteiger partial charge in [0.2, 0.25) is 5.91 Å². The number of nitrogens with zero attached hydrogens (tertiary/aromatic N) is 3. The van der Waals surface area contributed by atoms with Gasteiger partial charge in [-0.25, -0.2) is 9.07 Å². The predicted octanol–water partition coefficient (Wildman–Crippen LogP) is 1.61. The number of rotatable bonds is 8. The number of hydrogen-bond acceptors (Lipinski definition) is 6. The number of carbonyl (C=O) groups is 2. The molecule has 2 atom stereocenters. The van der Waals surface area contributed by atoms with Gasteiger partial charge in [0.05, 0.1) is 31.0 Å². The maximum absolute atomic E-state index is 13.9. The first kappa shape index (κ1) is 26.4. The Hall–Kier alpha value is -3.19. The Kier molecular flexibility index (Phi) is 8.00. The molecule has 1 saturated heterocycles. The summed E-state index contributed by atoms with van der Waals surface area (Å²) >= 11 is 0. The molecule has 9 nitrogen and oxygen atoms in total. The van der Waals surface area contributed by atoms with E-state index in [0.29, 0.717) is 18.7 Å². The fourth-order valence-electron chi connectivity index (χ4n) is 3.83. The summed E-state index contributed by atoms with van der Waals surface area (Å²) in [6.07, 6.45) is -1.95. The van der Waals surface area contributed by atoms with Crippen LogP contribution in [-0.4, -0.2) is 75.6 Å². The molecular formula is C22H28F4N6O3. The van der Waals surface area contributed by atoms with Gasteiger partial charge in [-0.1, -0.05) is 6.42 Å². The number of alkyl halides is 3. The normalized spacial score (nSPS) is 18.1. The summed E-state index contributed by atoms with van der Waals surface area (Å²) in [6, 6.07) is 4.42. The molecule has 3 rings (SSSR count). The van der Waals surface area contributed by atoms with Crippen LogP contribution < -0.4 is 16.4 Å². The average molecular weight is 500 g/mol. The van der Waals surface area contributed by atoms with E-state index in [9.17, 15) is 32.3 Å². The minimum atomic E-state index is -5.14. The van der Waals surface area contributed by atoms with Crippen molar-refractivity contribution in [3.8, 4) is 5.69 Å². The second-order valence-corrected chi connectivity index (χ2v) is 8.40. The fraction of sp³-hybridized carbons (Fsp3) is 0.500. The summed E-state index contributed by atoms with van der Waals surface area (Å²) in [6.45, 7) is -0.213. The summed E-state index contributed by atoms with van der Waals surface area (Å²) < 4.78 is 55.9. The molecule has 192 valence electrons. The highest BCUT2D eigenvalue weighted by Crippen LogP contribution is 2.31. The van der Waals surface area contributed by atoms with Crippen molar-refractivity contribution in [3.63, 3.8) is 0 Å². The number of benzene rings is 1. The van der Waals surface area contributed by atoms with E-state index in [1.807, 2.05) is 0 Å². The molecule has 1 unspecified atom stereocenters. The van der Waals surface area contributed by atoms with Gasteiger partial charge >= 0.3 is 6.18 Å². The zero-order chi connectivity index (χ0) is 25.8. The molecule has 5 N–H and O–H groups in total. The number of piperidine rings is 1. The Bertz CT molecular complexity index is 1040. The van der Waals surface area contributed by atoms with Crippen molar-refractivity contribution in [1.82, 2.24) is 25.3 Å². The lowest BCUT2D eigenvalue weighted by Gasteiger charge is -2.37. The zero-order valence-corrected chi connectivity index (χ0v) is 19.1. The fourth-order valence-corrected chi connectivity index (χ4v) is 3.83. The van der Waals surface area contributed by atoms with E-state index >= 15 is 0 Å². The number of nitrogen functional groups attached to an aromatic ring is 1.